The Hall–Kier alpha value is -2.87. The highest BCUT2D eigenvalue weighted by molar-refractivity contribution is 5.92. The number of amides is 1. The lowest BCUT2D eigenvalue weighted by molar-refractivity contribution is -0.141. The Bertz CT molecular complexity index is 800. The molecule has 1 atom stereocenters. The smallest absolute Gasteiger partial charge is 0.306 e. The summed E-state index contributed by atoms with van der Waals surface area (Å²) in [6.45, 7) is 2.87. The van der Waals surface area contributed by atoms with E-state index in [1.54, 1.807) is 22.8 Å². The number of hydrogen-bond donors (Lipinski definition) is 1. The molecule has 1 fully saturated rings. The van der Waals surface area contributed by atoms with Gasteiger partial charge in [0.2, 0.25) is 0 Å². The number of hydrogen-bond acceptors (Lipinski definition) is 5. The number of aromatic nitrogens is 2. The van der Waals surface area contributed by atoms with E-state index in [4.69, 9.17) is 14.6 Å². The Morgan fingerprint density at radius 3 is 2.73 bits per heavy atom. The molecule has 1 amide bonds. The van der Waals surface area contributed by atoms with Crippen LogP contribution in [0, 0.1) is 6.92 Å². The van der Waals surface area contributed by atoms with Gasteiger partial charge in [0.15, 0.2) is 5.69 Å². The van der Waals surface area contributed by atoms with Crippen LogP contribution in [0.15, 0.2) is 30.3 Å². The minimum absolute atomic E-state index is 0.122. The summed E-state index contributed by atoms with van der Waals surface area (Å²) in [7, 11) is 1.60. The maximum atomic E-state index is 12.8. The van der Waals surface area contributed by atoms with E-state index < -0.39 is 12.1 Å². The average molecular weight is 359 g/mol. The fraction of sp³-hybridized carbons (Fsp3) is 0.389. The highest BCUT2D eigenvalue weighted by atomic mass is 16.5. The van der Waals surface area contributed by atoms with E-state index in [-0.39, 0.29) is 18.9 Å². The first-order valence-electron chi connectivity index (χ1n) is 8.31. The van der Waals surface area contributed by atoms with E-state index in [1.807, 2.05) is 31.2 Å². The lowest BCUT2D eigenvalue weighted by Gasteiger charge is -2.31. The van der Waals surface area contributed by atoms with Crippen LogP contribution in [0.3, 0.4) is 0 Å². The number of nitrogens with zero attached hydrogens (tertiary/aromatic N) is 3. The Morgan fingerprint density at radius 1 is 1.35 bits per heavy atom. The zero-order chi connectivity index (χ0) is 18.7. The number of carboxylic acids is 1. The van der Waals surface area contributed by atoms with E-state index in [1.165, 1.54) is 0 Å². The van der Waals surface area contributed by atoms with Gasteiger partial charge < -0.3 is 19.5 Å². The lowest BCUT2D eigenvalue weighted by Crippen LogP contribution is -2.46. The van der Waals surface area contributed by atoms with Crippen LogP contribution in [0.4, 0.5) is 0 Å². The number of carbonyl (C=O) groups is 2. The number of aryl methyl sites for hydroxylation is 1. The molecule has 1 aromatic heterocycles. The van der Waals surface area contributed by atoms with Crippen molar-refractivity contribution >= 4 is 11.9 Å². The molecule has 0 radical (unpaired) electrons. The third-order valence-electron chi connectivity index (χ3n) is 4.25. The van der Waals surface area contributed by atoms with Crippen molar-refractivity contribution in [3.8, 4) is 11.4 Å². The first-order valence-corrected chi connectivity index (χ1v) is 8.31. The highest BCUT2D eigenvalue weighted by Gasteiger charge is 2.28. The average Bonchev–Trinajstić information content (AvgIpc) is 3.02. The molecule has 1 unspecified atom stereocenters. The molecule has 8 heteroatoms. The molecule has 0 aliphatic carbocycles. The van der Waals surface area contributed by atoms with Gasteiger partial charge in [-0.05, 0) is 37.3 Å². The topological polar surface area (TPSA) is 93.9 Å². The number of carbonyl (C=O) groups excluding carboxylic acids is 1. The molecule has 0 bridgehead atoms. The summed E-state index contributed by atoms with van der Waals surface area (Å²) in [5, 5.41) is 13.3. The molecule has 26 heavy (non-hydrogen) atoms. The first kappa shape index (κ1) is 17.9. The van der Waals surface area contributed by atoms with Gasteiger partial charge in [-0.2, -0.15) is 5.10 Å². The Morgan fingerprint density at radius 2 is 2.08 bits per heavy atom. The molecule has 1 aliphatic heterocycles. The van der Waals surface area contributed by atoms with Crippen molar-refractivity contribution in [2.75, 3.05) is 26.8 Å². The second-order valence-electron chi connectivity index (χ2n) is 6.12. The molecule has 3 rings (SSSR count). The van der Waals surface area contributed by atoms with Crippen molar-refractivity contribution in [1.29, 1.82) is 0 Å². The van der Waals surface area contributed by atoms with Gasteiger partial charge in [0, 0.05) is 18.8 Å². The summed E-state index contributed by atoms with van der Waals surface area (Å²) in [4.78, 5) is 25.2. The Balaban J connectivity index is 1.77. The number of ether oxygens (including phenoxy) is 2. The van der Waals surface area contributed by atoms with Gasteiger partial charge in [-0.1, -0.05) is 0 Å². The molecule has 138 valence electrons. The van der Waals surface area contributed by atoms with Gasteiger partial charge >= 0.3 is 5.97 Å². The van der Waals surface area contributed by atoms with Gasteiger partial charge in [0.1, 0.15) is 5.75 Å². The van der Waals surface area contributed by atoms with Gasteiger partial charge in [0.05, 0.1) is 31.9 Å². The van der Waals surface area contributed by atoms with E-state index >= 15 is 0 Å². The second kappa shape index (κ2) is 7.57. The summed E-state index contributed by atoms with van der Waals surface area (Å²) < 4.78 is 12.3. The summed E-state index contributed by atoms with van der Waals surface area (Å²) >= 11 is 0. The second-order valence-corrected chi connectivity index (χ2v) is 6.12. The maximum absolute atomic E-state index is 12.8. The van der Waals surface area contributed by atoms with Crippen LogP contribution in [0.5, 0.6) is 5.75 Å². The normalized spacial score (nSPS) is 17.2. The molecule has 1 aromatic carbocycles. The molecule has 2 heterocycles. The van der Waals surface area contributed by atoms with Crippen molar-refractivity contribution in [3.05, 3.63) is 41.7 Å². The molecule has 0 spiro atoms. The van der Waals surface area contributed by atoms with Crippen molar-refractivity contribution in [3.63, 3.8) is 0 Å². The third-order valence-corrected chi connectivity index (χ3v) is 4.25. The van der Waals surface area contributed by atoms with Crippen LogP contribution in [0.1, 0.15) is 22.6 Å². The predicted octanol–water partition coefficient (Wildman–Crippen LogP) is 1.51. The van der Waals surface area contributed by atoms with Crippen LogP contribution < -0.4 is 4.74 Å². The van der Waals surface area contributed by atoms with E-state index in [2.05, 4.69) is 5.10 Å². The zero-order valence-corrected chi connectivity index (χ0v) is 14.7. The fourth-order valence-electron chi connectivity index (χ4n) is 2.95. The summed E-state index contributed by atoms with van der Waals surface area (Å²) in [5.41, 5.74) is 1.98. The van der Waals surface area contributed by atoms with Gasteiger partial charge in [-0.15, -0.1) is 0 Å². The quantitative estimate of drug-likeness (QED) is 0.870. The Labute approximate surface area is 150 Å². The van der Waals surface area contributed by atoms with Crippen LogP contribution in [0.2, 0.25) is 0 Å². The number of morpholine rings is 1. The number of carboxylic acid groups (broad SMARTS) is 1. The van der Waals surface area contributed by atoms with Gasteiger partial charge in [-0.25, -0.2) is 4.68 Å². The largest absolute Gasteiger partial charge is 0.497 e. The Kier molecular flexibility index (Phi) is 5.22. The van der Waals surface area contributed by atoms with Gasteiger partial charge in [0.25, 0.3) is 5.91 Å². The number of methoxy groups -OCH3 is 1. The molecular weight excluding hydrogens is 338 g/mol. The maximum Gasteiger partial charge on any atom is 0.306 e. The third kappa shape index (κ3) is 3.85. The van der Waals surface area contributed by atoms with Crippen LogP contribution in [-0.2, 0) is 9.53 Å². The van der Waals surface area contributed by atoms with Crippen LogP contribution in [-0.4, -0.2) is 64.6 Å². The summed E-state index contributed by atoms with van der Waals surface area (Å²) in [6.07, 6.45) is -0.613. The zero-order valence-electron chi connectivity index (χ0n) is 14.7. The molecule has 0 saturated carbocycles. The SMILES string of the molecule is COc1ccc(-n2nc(C(=O)N3CCOC(CC(=O)O)C3)cc2C)cc1. The molecule has 2 aromatic rings. The number of rotatable bonds is 5. The molecule has 1 saturated heterocycles. The predicted molar refractivity (Wildman–Crippen MR) is 92.7 cm³/mol. The van der Waals surface area contributed by atoms with Crippen molar-refractivity contribution in [1.82, 2.24) is 14.7 Å². The minimum atomic E-state index is -0.941. The molecule has 1 N–H and O–H groups in total. The summed E-state index contributed by atoms with van der Waals surface area (Å²) in [6, 6.07) is 9.12. The van der Waals surface area contributed by atoms with Crippen LogP contribution >= 0.6 is 0 Å². The van der Waals surface area contributed by atoms with Crippen molar-refractivity contribution in [2.24, 2.45) is 0 Å². The standard InChI is InChI=1S/C18H21N3O5/c1-12-9-16(19-21(12)13-3-5-14(25-2)6-4-13)18(24)20-7-8-26-15(11-20)10-17(22)23/h3-6,9,15H,7-8,10-11H2,1-2H3,(H,22,23). The van der Waals surface area contributed by atoms with Gasteiger partial charge in [-0.3, -0.25) is 9.59 Å². The number of aliphatic carboxylic acids is 1. The molecular formula is C18H21N3O5. The molecule has 1 aliphatic rings. The number of benzene rings is 1. The van der Waals surface area contributed by atoms with Crippen LogP contribution in [0.25, 0.3) is 5.69 Å². The first-order chi connectivity index (χ1) is 12.5. The van der Waals surface area contributed by atoms with Crippen molar-refractivity contribution < 1.29 is 24.2 Å². The molecule has 8 nitrogen and oxygen atoms in total. The van der Waals surface area contributed by atoms with Crippen molar-refractivity contribution in [2.45, 2.75) is 19.4 Å². The lowest BCUT2D eigenvalue weighted by atomic mass is 10.2. The minimum Gasteiger partial charge on any atom is -0.497 e. The monoisotopic (exact) mass is 359 g/mol. The van der Waals surface area contributed by atoms with E-state index in [0.29, 0.717) is 18.8 Å². The highest BCUT2D eigenvalue weighted by Crippen LogP contribution is 2.18. The summed E-state index contributed by atoms with van der Waals surface area (Å²) in [5.74, 6) is -0.421. The fourth-order valence-corrected chi connectivity index (χ4v) is 2.95. The van der Waals surface area contributed by atoms with E-state index in [9.17, 15) is 9.59 Å². The van der Waals surface area contributed by atoms with E-state index in [0.717, 1.165) is 17.1 Å².